The molecule has 0 aliphatic heterocycles. The van der Waals surface area contributed by atoms with E-state index in [-0.39, 0.29) is 23.7 Å². The van der Waals surface area contributed by atoms with Crippen molar-refractivity contribution in [1.29, 1.82) is 0 Å². The molecule has 0 aliphatic carbocycles. The van der Waals surface area contributed by atoms with Crippen LogP contribution in [-0.2, 0) is 11.2 Å². The average Bonchev–Trinajstić information content (AvgIpc) is 3.06. The molecule has 0 atom stereocenters. The van der Waals surface area contributed by atoms with E-state index in [0.717, 1.165) is 16.9 Å². The summed E-state index contributed by atoms with van der Waals surface area (Å²) >= 11 is 1.13. The Hall–Kier alpha value is -3.06. The average molecular weight is 355 g/mol. The molecule has 0 spiro atoms. The molecule has 25 heavy (non-hydrogen) atoms. The summed E-state index contributed by atoms with van der Waals surface area (Å²) in [5, 5.41) is 6.93. The first kappa shape index (κ1) is 16.8. The molecule has 3 rings (SSSR count). The second-order valence-corrected chi connectivity index (χ2v) is 6.04. The van der Waals surface area contributed by atoms with E-state index in [1.807, 2.05) is 30.3 Å². The van der Waals surface area contributed by atoms with Crippen LogP contribution in [0.2, 0.25) is 0 Å². The second kappa shape index (κ2) is 7.67. The molecular formula is C18H14FN3O2S. The molecule has 2 N–H and O–H groups in total. The van der Waals surface area contributed by atoms with Crippen LogP contribution in [0.3, 0.4) is 0 Å². The van der Waals surface area contributed by atoms with Crippen molar-refractivity contribution in [2.75, 3.05) is 10.6 Å². The summed E-state index contributed by atoms with van der Waals surface area (Å²) in [5.74, 6) is -1.28. The van der Waals surface area contributed by atoms with Crippen molar-refractivity contribution in [3.63, 3.8) is 0 Å². The minimum absolute atomic E-state index is 0.0789. The molecule has 0 fully saturated rings. The number of halogens is 1. The van der Waals surface area contributed by atoms with Gasteiger partial charge in [0.15, 0.2) is 5.13 Å². The van der Waals surface area contributed by atoms with Gasteiger partial charge in [0.25, 0.3) is 5.91 Å². The fraction of sp³-hybridized carbons (Fsp3) is 0.0556. The Kier molecular flexibility index (Phi) is 5.15. The van der Waals surface area contributed by atoms with Gasteiger partial charge in [-0.15, -0.1) is 11.3 Å². The van der Waals surface area contributed by atoms with Crippen LogP contribution in [-0.4, -0.2) is 16.8 Å². The first-order valence-corrected chi connectivity index (χ1v) is 8.35. The molecule has 2 amide bonds. The summed E-state index contributed by atoms with van der Waals surface area (Å²) in [5.41, 5.74) is 1.08. The number of nitrogens with one attached hydrogen (secondary N) is 2. The predicted octanol–water partition coefficient (Wildman–Crippen LogP) is 3.72. The summed E-state index contributed by atoms with van der Waals surface area (Å²) in [6, 6.07) is 15.2. The van der Waals surface area contributed by atoms with E-state index >= 15 is 0 Å². The summed E-state index contributed by atoms with van der Waals surface area (Å²) in [7, 11) is 0. The van der Waals surface area contributed by atoms with Crippen molar-refractivity contribution in [3.05, 3.63) is 77.1 Å². The lowest BCUT2D eigenvalue weighted by Crippen LogP contribution is -2.16. The van der Waals surface area contributed by atoms with Crippen molar-refractivity contribution in [2.45, 2.75) is 6.42 Å². The Morgan fingerprint density at radius 2 is 1.72 bits per heavy atom. The van der Waals surface area contributed by atoms with Gasteiger partial charge < -0.3 is 10.6 Å². The van der Waals surface area contributed by atoms with Gasteiger partial charge in [0.2, 0.25) is 5.91 Å². The van der Waals surface area contributed by atoms with Gasteiger partial charge >= 0.3 is 0 Å². The monoisotopic (exact) mass is 355 g/mol. The first-order chi connectivity index (χ1) is 12.1. The quantitative estimate of drug-likeness (QED) is 0.733. The zero-order valence-electron chi connectivity index (χ0n) is 13.0. The summed E-state index contributed by atoms with van der Waals surface area (Å²) in [6.45, 7) is 0. The molecule has 0 radical (unpaired) electrons. The third kappa shape index (κ3) is 4.48. The highest BCUT2D eigenvalue weighted by Gasteiger charge is 2.14. The van der Waals surface area contributed by atoms with Crippen LogP contribution in [0.1, 0.15) is 16.1 Å². The van der Waals surface area contributed by atoms with Gasteiger partial charge in [0, 0.05) is 5.38 Å². The number of anilines is 2. The fourth-order valence-corrected chi connectivity index (χ4v) is 2.84. The Morgan fingerprint density at radius 1 is 1.00 bits per heavy atom. The molecule has 0 bridgehead atoms. The first-order valence-electron chi connectivity index (χ1n) is 7.47. The van der Waals surface area contributed by atoms with E-state index in [0.29, 0.717) is 5.13 Å². The maximum Gasteiger partial charge on any atom is 0.275 e. The zero-order valence-corrected chi connectivity index (χ0v) is 13.8. The Morgan fingerprint density at radius 3 is 2.48 bits per heavy atom. The number of carbonyl (C=O) groups excluding carboxylic acids is 2. The van der Waals surface area contributed by atoms with Gasteiger partial charge in [-0.25, -0.2) is 9.37 Å². The van der Waals surface area contributed by atoms with Crippen molar-refractivity contribution < 1.29 is 14.0 Å². The molecule has 1 heterocycles. The summed E-state index contributed by atoms with van der Waals surface area (Å²) < 4.78 is 13.6. The molecule has 3 aromatic rings. The maximum atomic E-state index is 13.6. The van der Waals surface area contributed by atoms with Gasteiger partial charge in [-0.05, 0) is 17.7 Å². The van der Waals surface area contributed by atoms with Crippen LogP contribution in [0.4, 0.5) is 15.2 Å². The van der Waals surface area contributed by atoms with Crippen LogP contribution in [0.25, 0.3) is 0 Å². The number of thiazole rings is 1. The third-order valence-electron chi connectivity index (χ3n) is 3.31. The van der Waals surface area contributed by atoms with Crippen LogP contribution in [0.15, 0.2) is 60.0 Å². The topological polar surface area (TPSA) is 71.1 Å². The highest BCUT2D eigenvalue weighted by atomic mass is 32.1. The lowest BCUT2D eigenvalue weighted by Gasteiger charge is -2.04. The molecule has 2 aromatic carbocycles. The standard InChI is InChI=1S/C18H14FN3O2S/c19-13-8-4-5-9-14(13)20-17(24)15-11-25-18(21-15)22-16(23)10-12-6-2-1-3-7-12/h1-9,11H,10H2,(H,20,24)(H,21,22,23). The maximum absolute atomic E-state index is 13.6. The highest BCUT2D eigenvalue weighted by Crippen LogP contribution is 2.18. The summed E-state index contributed by atoms with van der Waals surface area (Å²) in [4.78, 5) is 28.2. The van der Waals surface area contributed by atoms with E-state index in [1.54, 1.807) is 6.07 Å². The Labute approximate surface area is 147 Å². The van der Waals surface area contributed by atoms with Crippen molar-refractivity contribution >= 4 is 34.0 Å². The number of carbonyl (C=O) groups is 2. The molecule has 7 heteroatoms. The molecule has 1 aromatic heterocycles. The van der Waals surface area contributed by atoms with Gasteiger partial charge in [-0.1, -0.05) is 42.5 Å². The second-order valence-electron chi connectivity index (χ2n) is 5.18. The number of aromatic nitrogens is 1. The number of rotatable bonds is 5. The third-order valence-corrected chi connectivity index (χ3v) is 4.07. The number of para-hydroxylation sites is 1. The molecular weight excluding hydrogens is 341 g/mol. The SMILES string of the molecule is O=C(Cc1ccccc1)Nc1nc(C(=O)Nc2ccccc2F)cs1. The normalized spacial score (nSPS) is 10.3. The van der Waals surface area contributed by atoms with Crippen molar-refractivity contribution in [2.24, 2.45) is 0 Å². The number of nitrogens with zero attached hydrogens (tertiary/aromatic N) is 1. The highest BCUT2D eigenvalue weighted by molar-refractivity contribution is 7.14. The smallest absolute Gasteiger partial charge is 0.275 e. The number of hydrogen-bond donors (Lipinski definition) is 2. The molecule has 0 aliphatic rings. The van der Waals surface area contributed by atoms with E-state index in [1.165, 1.54) is 23.6 Å². The van der Waals surface area contributed by atoms with Crippen LogP contribution in [0.5, 0.6) is 0 Å². The Balaban J connectivity index is 1.61. The largest absolute Gasteiger partial charge is 0.318 e. The van der Waals surface area contributed by atoms with E-state index < -0.39 is 11.7 Å². The van der Waals surface area contributed by atoms with Crippen molar-refractivity contribution in [1.82, 2.24) is 4.98 Å². The molecule has 126 valence electrons. The molecule has 0 saturated carbocycles. The van der Waals surface area contributed by atoms with Gasteiger partial charge in [0.05, 0.1) is 12.1 Å². The minimum Gasteiger partial charge on any atom is -0.318 e. The number of benzene rings is 2. The van der Waals surface area contributed by atoms with Crippen LogP contribution < -0.4 is 10.6 Å². The fourth-order valence-electron chi connectivity index (χ4n) is 2.13. The lowest BCUT2D eigenvalue weighted by molar-refractivity contribution is -0.115. The minimum atomic E-state index is -0.537. The summed E-state index contributed by atoms with van der Waals surface area (Å²) in [6.07, 6.45) is 0.219. The zero-order chi connectivity index (χ0) is 17.6. The van der Waals surface area contributed by atoms with Gasteiger partial charge in [-0.3, -0.25) is 9.59 Å². The number of amides is 2. The number of hydrogen-bond acceptors (Lipinski definition) is 4. The molecule has 5 nitrogen and oxygen atoms in total. The Bertz CT molecular complexity index is 896. The van der Waals surface area contributed by atoms with E-state index in [4.69, 9.17) is 0 Å². The van der Waals surface area contributed by atoms with Crippen LogP contribution >= 0.6 is 11.3 Å². The van der Waals surface area contributed by atoms with Gasteiger partial charge in [-0.2, -0.15) is 0 Å². The molecule has 0 unspecified atom stereocenters. The molecule has 0 saturated heterocycles. The van der Waals surface area contributed by atoms with E-state index in [9.17, 15) is 14.0 Å². The predicted molar refractivity (Wildman–Crippen MR) is 95.2 cm³/mol. The van der Waals surface area contributed by atoms with Gasteiger partial charge in [0.1, 0.15) is 11.5 Å². The lowest BCUT2D eigenvalue weighted by atomic mass is 10.1. The van der Waals surface area contributed by atoms with Crippen molar-refractivity contribution in [3.8, 4) is 0 Å². The van der Waals surface area contributed by atoms with E-state index in [2.05, 4.69) is 15.6 Å². The van der Waals surface area contributed by atoms with Crippen LogP contribution in [0, 0.1) is 5.82 Å².